The molecule has 0 aromatic heterocycles. The number of oxime groups is 1. The standard InChI is InChI=1S/C24H18Cl3NO3/c1-30-18-9-4-15(5-10-18)23(20-13-19(20)14-2-7-17(25)8-3-14)28-31-24(29)16-6-11-21(26)22(27)12-16/h2-12,19-20H,13H2,1H3/b28-23-/t19-,20-/m0/s1. The highest BCUT2D eigenvalue weighted by Gasteiger charge is 2.43. The Labute approximate surface area is 195 Å². The Bertz CT molecular complexity index is 1130. The zero-order valence-corrected chi connectivity index (χ0v) is 18.8. The van der Waals surface area contributed by atoms with Crippen LogP contribution in [-0.2, 0) is 4.84 Å². The van der Waals surface area contributed by atoms with Crippen LogP contribution in [0, 0.1) is 5.92 Å². The van der Waals surface area contributed by atoms with Crippen LogP contribution in [0.1, 0.15) is 33.8 Å². The minimum atomic E-state index is -0.603. The van der Waals surface area contributed by atoms with Gasteiger partial charge in [-0.1, -0.05) is 52.1 Å². The SMILES string of the molecule is COc1ccc(/C(=N/OC(=O)c2ccc(Cl)c(Cl)c2)[C@H]2C[C@H]2c2ccc(Cl)cc2)cc1. The molecule has 1 aliphatic carbocycles. The molecule has 3 aromatic rings. The van der Waals surface area contributed by atoms with Crippen LogP contribution < -0.4 is 4.74 Å². The molecule has 0 saturated heterocycles. The molecule has 31 heavy (non-hydrogen) atoms. The van der Waals surface area contributed by atoms with Crippen molar-refractivity contribution in [3.8, 4) is 5.75 Å². The fourth-order valence-corrected chi connectivity index (χ4v) is 3.86. The lowest BCUT2D eigenvalue weighted by Gasteiger charge is -2.08. The Morgan fingerprint density at radius 2 is 1.58 bits per heavy atom. The third-order valence-electron chi connectivity index (χ3n) is 5.21. The summed E-state index contributed by atoms with van der Waals surface area (Å²) in [4.78, 5) is 17.8. The van der Waals surface area contributed by atoms with Gasteiger partial charge < -0.3 is 9.57 Å². The van der Waals surface area contributed by atoms with Crippen molar-refractivity contribution in [2.75, 3.05) is 7.11 Å². The first-order valence-corrected chi connectivity index (χ1v) is 10.7. The molecule has 0 radical (unpaired) electrons. The molecule has 0 unspecified atom stereocenters. The molecule has 0 heterocycles. The lowest BCUT2D eigenvalue weighted by Crippen LogP contribution is -2.09. The second kappa shape index (κ2) is 9.31. The van der Waals surface area contributed by atoms with Crippen LogP contribution in [0.5, 0.6) is 5.75 Å². The number of carbonyl (C=O) groups is 1. The van der Waals surface area contributed by atoms with Crippen molar-refractivity contribution < 1.29 is 14.4 Å². The highest BCUT2D eigenvalue weighted by atomic mass is 35.5. The zero-order chi connectivity index (χ0) is 22.0. The Hall–Kier alpha value is -2.53. The number of benzene rings is 3. The highest BCUT2D eigenvalue weighted by molar-refractivity contribution is 6.42. The van der Waals surface area contributed by atoms with E-state index in [9.17, 15) is 4.79 Å². The smallest absolute Gasteiger partial charge is 0.365 e. The van der Waals surface area contributed by atoms with Crippen LogP contribution in [0.15, 0.2) is 71.9 Å². The molecular formula is C24H18Cl3NO3. The number of ether oxygens (including phenoxy) is 1. The molecule has 0 spiro atoms. The zero-order valence-electron chi connectivity index (χ0n) is 16.5. The van der Waals surface area contributed by atoms with Crippen molar-refractivity contribution in [3.63, 3.8) is 0 Å². The molecule has 3 aromatic carbocycles. The number of hydrogen-bond donors (Lipinski definition) is 0. The van der Waals surface area contributed by atoms with Gasteiger partial charge >= 0.3 is 5.97 Å². The van der Waals surface area contributed by atoms with Crippen LogP contribution >= 0.6 is 34.8 Å². The van der Waals surface area contributed by atoms with E-state index in [-0.39, 0.29) is 22.4 Å². The fourth-order valence-electron chi connectivity index (χ4n) is 3.44. The maximum absolute atomic E-state index is 12.5. The van der Waals surface area contributed by atoms with E-state index in [0.29, 0.717) is 15.8 Å². The molecule has 158 valence electrons. The highest BCUT2D eigenvalue weighted by Crippen LogP contribution is 2.49. The maximum atomic E-state index is 12.5. The van der Waals surface area contributed by atoms with Gasteiger partial charge in [0.1, 0.15) is 5.75 Å². The monoisotopic (exact) mass is 473 g/mol. The molecule has 2 atom stereocenters. The van der Waals surface area contributed by atoms with Crippen molar-refractivity contribution in [1.82, 2.24) is 0 Å². The molecule has 1 saturated carbocycles. The predicted molar refractivity (Wildman–Crippen MR) is 124 cm³/mol. The summed E-state index contributed by atoms with van der Waals surface area (Å²) in [5.74, 6) is 0.534. The quantitative estimate of drug-likeness (QED) is 0.219. The van der Waals surface area contributed by atoms with Gasteiger partial charge in [0, 0.05) is 10.9 Å². The number of methoxy groups -OCH3 is 1. The van der Waals surface area contributed by atoms with Gasteiger partial charge in [-0.15, -0.1) is 0 Å². The fraction of sp³-hybridized carbons (Fsp3) is 0.167. The van der Waals surface area contributed by atoms with Gasteiger partial charge in [0.2, 0.25) is 0 Å². The summed E-state index contributed by atoms with van der Waals surface area (Å²) in [5.41, 5.74) is 3.02. The summed E-state index contributed by atoms with van der Waals surface area (Å²) < 4.78 is 5.24. The third kappa shape index (κ3) is 5.04. The Morgan fingerprint density at radius 3 is 2.23 bits per heavy atom. The Kier molecular flexibility index (Phi) is 6.51. The van der Waals surface area contributed by atoms with Crippen LogP contribution in [-0.4, -0.2) is 18.8 Å². The minimum absolute atomic E-state index is 0.121. The number of carbonyl (C=O) groups excluding carboxylic acids is 1. The van der Waals surface area contributed by atoms with Crippen molar-refractivity contribution in [2.24, 2.45) is 11.1 Å². The van der Waals surface area contributed by atoms with E-state index in [1.54, 1.807) is 19.2 Å². The van der Waals surface area contributed by atoms with Gasteiger partial charge in [-0.3, -0.25) is 0 Å². The molecule has 0 amide bonds. The summed E-state index contributed by atoms with van der Waals surface area (Å²) in [5, 5.41) is 5.60. The summed E-state index contributed by atoms with van der Waals surface area (Å²) >= 11 is 17.9. The van der Waals surface area contributed by atoms with E-state index in [2.05, 4.69) is 5.16 Å². The topological polar surface area (TPSA) is 47.9 Å². The average Bonchev–Trinajstić information content (AvgIpc) is 3.57. The van der Waals surface area contributed by atoms with Crippen LogP contribution in [0.3, 0.4) is 0 Å². The number of nitrogens with zero attached hydrogens (tertiary/aromatic N) is 1. The molecular weight excluding hydrogens is 457 g/mol. The average molecular weight is 475 g/mol. The third-order valence-corrected chi connectivity index (χ3v) is 6.20. The first-order chi connectivity index (χ1) is 15.0. The van der Waals surface area contributed by atoms with E-state index in [1.165, 1.54) is 11.6 Å². The van der Waals surface area contributed by atoms with Gasteiger partial charge in [-0.25, -0.2) is 4.79 Å². The molecule has 1 fully saturated rings. The lowest BCUT2D eigenvalue weighted by molar-refractivity contribution is 0.0515. The first kappa shape index (κ1) is 21.7. The van der Waals surface area contributed by atoms with Gasteiger partial charge in [0.15, 0.2) is 0 Å². The lowest BCUT2D eigenvalue weighted by atomic mass is 10.0. The van der Waals surface area contributed by atoms with E-state index in [4.69, 9.17) is 44.4 Å². The number of halogens is 3. The van der Waals surface area contributed by atoms with Crippen LogP contribution in [0.25, 0.3) is 0 Å². The largest absolute Gasteiger partial charge is 0.497 e. The normalized spacial score (nSPS) is 17.9. The van der Waals surface area contributed by atoms with E-state index in [1.807, 2.05) is 48.5 Å². The molecule has 1 aliphatic rings. The Morgan fingerprint density at radius 1 is 0.903 bits per heavy atom. The predicted octanol–water partition coefficient (Wildman–Crippen LogP) is 7.02. The van der Waals surface area contributed by atoms with Gasteiger partial charge in [0.05, 0.1) is 28.4 Å². The van der Waals surface area contributed by atoms with Gasteiger partial charge in [-0.2, -0.15) is 0 Å². The summed E-state index contributed by atoms with van der Waals surface area (Å²) in [6.45, 7) is 0. The van der Waals surface area contributed by atoms with Crippen LogP contribution in [0.2, 0.25) is 15.1 Å². The number of rotatable bonds is 6. The van der Waals surface area contributed by atoms with Crippen LogP contribution in [0.4, 0.5) is 0 Å². The molecule has 0 aliphatic heterocycles. The van der Waals surface area contributed by atoms with E-state index in [0.717, 1.165) is 17.7 Å². The van der Waals surface area contributed by atoms with Crippen molar-refractivity contribution >= 4 is 46.5 Å². The molecule has 4 rings (SSSR count). The molecule has 4 nitrogen and oxygen atoms in total. The first-order valence-electron chi connectivity index (χ1n) is 9.60. The van der Waals surface area contributed by atoms with Gasteiger partial charge in [-0.05, 0) is 78.1 Å². The van der Waals surface area contributed by atoms with Crippen molar-refractivity contribution in [2.45, 2.75) is 12.3 Å². The van der Waals surface area contributed by atoms with Crippen molar-refractivity contribution in [3.05, 3.63) is 98.5 Å². The summed E-state index contributed by atoms with van der Waals surface area (Å²) in [6.07, 6.45) is 0.900. The maximum Gasteiger partial charge on any atom is 0.365 e. The summed E-state index contributed by atoms with van der Waals surface area (Å²) in [7, 11) is 1.61. The van der Waals surface area contributed by atoms with E-state index < -0.39 is 5.97 Å². The summed E-state index contributed by atoms with van der Waals surface area (Å²) in [6, 6.07) is 19.9. The van der Waals surface area contributed by atoms with Gasteiger partial charge in [0.25, 0.3) is 0 Å². The van der Waals surface area contributed by atoms with Crippen molar-refractivity contribution in [1.29, 1.82) is 0 Å². The van der Waals surface area contributed by atoms with E-state index >= 15 is 0 Å². The molecule has 0 bridgehead atoms. The molecule has 7 heteroatoms. The second-order valence-electron chi connectivity index (χ2n) is 7.21. The number of hydrogen-bond acceptors (Lipinski definition) is 4. The minimum Gasteiger partial charge on any atom is -0.497 e. The molecule has 0 N–H and O–H groups in total. The Balaban J connectivity index is 1.59. The second-order valence-corrected chi connectivity index (χ2v) is 8.46.